The number of nitrogens with zero attached hydrogens (tertiary/aromatic N) is 1. The maximum atomic E-state index is 12.5. The van der Waals surface area contributed by atoms with Gasteiger partial charge in [-0.25, -0.2) is 5.43 Å². The highest BCUT2D eigenvalue weighted by Crippen LogP contribution is 2.44. The van der Waals surface area contributed by atoms with Crippen molar-refractivity contribution in [2.45, 2.75) is 16.7 Å². The topological polar surface area (TPSA) is 72.0 Å². The zero-order valence-electron chi connectivity index (χ0n) is 16.9. The Morgan fingerprint density at radius 2 is 1.60 bits per heavy atom. The normalized spacial score (nSPS) is 12.3. The van der Waals surface area contributed by atoms with Crippen molar-refractivity contribution in [3.05, 3.63) is 71.8 Å². The Kier molecular flexibility index (Phi) is 5.63. The van der Waals surface area contributed by atoms with Gasteiger partial charge in [0.1, 0.15) is 11.5 Å². The molecule has 0 saturated carbocycles. The van der Waals surface area contributed by atoms with Crippen molar-refractivity contribution in [1.82, 2.24) is 5.43 Å². The van der Waals surface area contributed by atoms with Gasteiger partial charge in [0.15, 0.2) is 0 Å². The van der Waals surface area contributed by atoms with Crippen LogP contribution < -0.4 is 20.2 Å². The van der Waals surface area contributed by atoms with Crippen molar-refractivity contribution in [1.29, 1.82) is 0 Å². The molecule has 0 spiro atoms. The molecule has 30 heavy (non-hydrogen) atoms. The van der Waals surface area contributed by atoms with Crippen LogP contribution in [0, 0.1) is 0 Å². The van der Waals surface area contributed by atoms with Crippen LogP contribution in [0.4, 0.5) is 11.4 Å². The van der Waals surface area contributed by atoms with Gasteiger partial charge in [-0.15, -0.1) is 0 Å². The highest BCUT2D eigenvalue weighted by atomic mass is 32.2. The Hall–Kier alpha value is -3.45. The van der Waals surface area contributed by atoms with Gasteiger partial charge in [-0.3, -0.25) is 4.79 Å². The highest BCUT2D eigenvalue weighted by Gasteiger charge is 2.16. The zero-order valence-corrected chi connectivity index (χ0v) is 17.7. The molecule has 3 aromatic carbocycles. The van der Waals surface area contributed by atoms with Gasteiger partial charge < -0.3 is 14.8 Å². The first-order valence-electron chi connectivity index (χ1n) is 9.33. The minimum Gasteiger partial charge on any atom is -0.497 e. The van der Waals surface area contributed by atoms with Crippen molar-refractivity contribution in [3.63, 3.8) is 0 Å². The van der Waals surface area contributed by atoms with Crippen molar-refractivity contribution in [2.24, 2.45) is 5.10 Å². The number of para-hydroxylation sites is 1. The minimum atomic E-state index is -0.341. The van der Waals surface area contributed by atoms with Crippen LogP contribution in [-0.4, -0.2) is 25.8 Å². The van der Waals surface area contributed by atoms with Gasteiger partial charge in [-0.2, -0.15) is 5.10 Å². The van der Waals surface area contributed by atoms with Gasteiger partial charge in [0.05, 0.1) is 31.3 Å². The van der Waals surface area contributed by atoms with E-state index >= 15 is 0 Å². The van der Waals surface area contributed by atoms with Crippen LogP contribution >= 0.6 is 11.8 Å². The van der Waals surface area contributed by atoms with E-state index in [0.717, 1.165) is 21.8 Å². The van der Waals surface area contributed by atoms with E-state index in [0.29, 0.717) is 22.8 Å². The summed E-state index contributed by atoms with van der Waals surface area (Å²) in [5, 5.41) is 7.74. The average Bonchev–Trinajstić information content (AvgIpc) is 2.80. The number of carbonyl (C=O) groups excluding carboxylic acids is 1. The molecule has 2 N–H and O–H groups in total. The van der Waals surface area contributed by atoms with E-state index < -0.39 is 0 Å². The highest BCUT2D eigenvalue weighted by molar-refractivity contribution is 7.99. The number of nitrogens with one attached hydrogen (secondary N) is 2. The van der Waals surface area contributed by atoms with E-state index in [9.17, 15) is 4.79 Å². The molecule has 0 bridgehead atoms. The number of rotatable bonds is 5. The number of hydrogen-bond donors (Lipinski definition) is 2. The lowest BCUT2D eigenvalue weighted by molar-refractivity contribution is 0.0954. The molecule has 1 heterocycles. The van der Waals surface area contributed by atoms with Gasteiger partial charge >= 0.3 is 0 Å². The fourth-order valence-corrected chi connectivity index (χ4v) is 4.03. The average molecular weight is 420 g/mol. The molecule has 1 aliphatic rings. The van der Waals surface area contributed by atoms with E-state index in [2.05, 4.69) is 34.0 Å². The zero-order chi connectivity index (χ0) is 21.1. The molecule has 7 heteroatoms. The molecule has 0 radical (unpaired) electrons. The molecule has 0 aliphatic carbocycles. The molecular weight excluding hydrogens is 398 g/mol. The molecule has 3 aromatic rings. The lowest BCUT2D eigenvalue weighted by Crippen LogP contribution is -2.19. The summed E-state index contributed by atoms with van der Waals surface area (Å²) in [6, 6.07) is 19.3. The summed E-state index contributed by atoms with van der Waals surface area (Å²) in [4.78, 5) is 14.9. The molecular formula is C23H21N3O3S. The van der Waals surface area contributed by atoms with E-state index in [4.69, 9.17) is 9.47 Å². The first kappa shape index (κ1) is 19.8. The number of carbonyl (C=O) groups is 1. The first-order chi connectivity index (χ1) is 14.6. The van der Waals surface area contributed by atoms with Gasteiger partial charge in [0, 0.05) is 21.4 Å². The molecule has 6 nitrogen and oxygen atoms in total. The lowest BCUT2D eigenvalue weighted by Gasteiger charge is -2.21. The summed E-state index contributed by atoms with van der Waals surface area (Å²) < 4.78 is 10.4. The lowest BCUT2D eigenvalue weighted by atomic mass is 10.1. The summed E-state index contributed by atoms with van der Waals surface area (Å²) in [6.07, 6.45) is 0. The standard InChI is InChI=1S/C23H21N3O3S/c1-14(25-26-23(27)16-10-17(28-2)13-18(11-16)29-3)15-8-9-22-20(12-15)24-19-6-4-5-7-21(19)30-22/h4-13,24H,1-3H3,(H,26,27)/b25-14+. The Labute approximate surface area is 179 Å². The Balaban J connectivity index is 1.51. The predicted octanol–water partition coefficient (Wildman–Crippen LogP) is 5.07. The van der Waals surface area contributed by atoms with Gasteiger partial charge in [0.25, 0.3) is 5.91 Å². The second kappa shape index (κ2) is 8.51. The number of benzene rings is 3. The Bertz CT molecular complexity index is 1120. The number of fused-ring (bicyclic) bond motifs is 2. The molecule has 1 aliphatic heterocycles. The number of methoxy groups -OCH3 is 2. The smallest absolute Gasteiger partial charge is 0.271 e. The molecule has 4 rings (SSSR count). The number of hydrogen-bond acceptors (Lipinski definition) is 6. The SMILES string of the molecule is COc1cc(OC)cc(C(=O)N/N=C(\C)c2ccc3c(c2)Nc2ccccc2S3)c1. The maximum Gasteiger partial charge on any atom is 0.271 e. The Morgan fingerprint density at radius 1 is 0.900 bits per heavy atom. The molecule has 152 valence electrons. The molecule has 0 aromatic heterocycles. The van der Waals surface area contributed by atoms with Crippen LogP contribution in [0.3, 0.4) is 0 Å². The third-order valence-corrected chi connectivity index (χ3v) is 5.86. The van der Waals surface area contributed by atoms with Crippen molar-refractivity contribution in [3.8, 4) is 11.5 Å². The minimum absolute atomic E-state index is 0.341. The second-order valence-electron chi connectivity index (χ2n) is 6.67. The van der Waals surface area contributed by atoms with Crippen LogP contribution in [0.25, 0.3) is 0 Å². The Morgan fingerprint density at radius 3 is 2.33 bits per heavy atom. The molecule has 0 atom stereocenters. The quantitative estimate of drug-likeness (QED) is 0.349. The first-order valence-corrected chi connectivity index (χ1v) is 10.1. The van der Waals surface area contributed by atoms with E-state index in [-0.39, 0.29) is 5.91 Å². The van der Waals surface area contributed by atoms with Crippen LogP contribution in [0.15, 0.2) is 75.6 Å². The van der Waals surface area contributed by atoms with Gasteiger partial charge in [0.2, 0.25) is 0 Å². The van der Waals surface area contributed by atoms with E-state index in [1.807, 2.05) is 31.2 Å². The summed E-state index contributed by atoms with van der Waals surface area (Å²) in [7, 11) is 3.08. The second-order valence-corrected chi connectivity index (χ2v) is 7.76. The predicted molar refractivity (Wildman–Crippen MR) is 120 cm³/mol. The fourth-order valence-electron chi connectivity index (χ4n) is 3.07. The number of amides is 1. The summed E-state index contributed by atoms with van der Waals surface area (Å²) in [5.74, 6) is 0.740. The fraction of sp³-hybridized carbons (Fsp3) is 0.130. The van der Waals surface area contributed by atoms with Crippen molar-refractivity contribution >= 4 is 34.8 Å². The number of ether oxygens (including phenoxy) is 2. The summed E-state index contributed by atoms with van der Waals surface area (Å²) in [6.45, 7) is 1.86. The molecule has 0 unspecified atom stereocenters. The number of anilines is 2. The maximum absolute atomic E-state index is 12.5. The monoisotopic (exact) mass is 419 g/mol. The van der Waals surface area contributed by atoms with Crippen LogP contribution in [0.1, 0.15) is 22.8 Å². The molecule has 0 fully saturated rings. The molecule has 1 amide bonds. The largest absolute Gasteiger partial charge is 0.497 e. The number of hydrazone groups is 1. The van der Waals surface area contributed by atoms with E-state index in [1.165, 1.54) is 4.90 Å². The van der Waals surface area contributed by atoms with Crippen LogP contribution in [0.2, 0.25) is 0 Å². The third kappa shape index (κ3) is 4.11. The van der Waals surface area contributed by atoms with Crippen molar-refractivity contribution in [2.75, 3.05) is 19.5 Å². The van der Waals surface area contributed by atoms with Gasteiger partial charge in [-0.1, -0.05) is 30.0 Å². The third-order valence-electron chi connectivity index (χ3n) is 4.71. The van der Waals surface area contributed by atoms with Crippen molar-refractivity contribution < 1.29 is 14.3 Å². The summed E-state index contributed by atoms with van der Waals surface area (Å²) >= 11 is 1.73. The van der Waals surface area contributed by atoms with Crippen LogP contribution in [0.5, 0.6) is 11.5 Å². The molecule has 0 saturated heterocycles. The van der Waals surface area contributed by atoms with Gasteiger partial charge in [-0.05, 0) is 48.9 Å². The van der Waals surface area contributed by atoms with E-state index in [1.54, 1.807) is 44.2 Å². The van der Waals surface area contributed by atoms with Crippen LogP contribution in [-0.2, 0) is 0 Å². The summed E-state index contributed by atoms with van der Waals surface area (Å²) in [5.41, 5.74) is 6.74.